The first-order valence-corrected chi connectivity index (χ1v) is 8.51. The van der Waals surface area contributed by atoms with Gasteiger partial charge in [-0.3, -0.25) is 4.79 Å². The van der Waals surface area contributed by atoms with Gasteiger partial charge >= 0.3 is 0 Å². The minimum Gasteiger partial charge on any atom is -0.491 e. The fourth-order valence-electron chi connectivity index (χ4n) is 2.91. The summed E-state index contributed by atoms with van der Waals surface area (Å²) >= 11 is 0. The van der Waals surface area contributed by atoms with Crippen LogP contribution in [-0.4, -0.2) is 57.3 Å². The van der Waals surface area contributed by atoms with Gasteiger partial charge in [0.15, 0.2) is 0 Å². The molecule has 1 heterocycles. The number of hydrogen-bond donors (Lipinski definition) is 0. The molecule has 1 aliphatic carbocycles. The van der Waals surface area contributed by atoms with Gasteiger partial charge in [-0.2, -0.15) is 0 Å². The molecule has 1 amide bonds. The van der Waals surface area contributed by atoms with Gasteiger partial charge in [0.1, 0.15) is 12.4 Å². The number of rotatable bonds is 7. The van der Waals surface area contributed by atoms with Crippen molar-refractivity contribution < 1.29 is 14.3 Å². The lowest BCUT2D eigenvalue weighted by Crippen LogP contribution is -2.48. The van der Waals surface area contributed by atoms with E-state index in [1.807, 2.05) is 17.0 Å². The number of nitrogens with zero attached hydrogens (tertiary/aromatic N) is 2. The van der Waals surface area contributed by atoms with E-state index in [2.05, 4.69) is 17.0 Å². The van der Waals surface area contributed by atoms with E-state index in [4.69, 9.17) is 9.47 Å². The van der Waals surface area contributed by atoms with Crippen LogP contribution in [0.3, 0.4) is 0 Å². The molecule has 1 saturated heterocycles. The highest BCUT2D eigenvalue weighted by Crippen LogP contribution is 2.33. The normalized spacial score (nSPS) is 18.1. The molecule has 0 bridgehead atoms. The van der Waals surface area contributed by atoms with Crippen LogP contribution in [0.5, 0.6) is 5.75 Å². The second-order valence-electron chi connectivity index (χ2n) is 6.35. The number of carbonyl (C=O) groups is 1. The summed E-state index contributed by atoms with van der Waals surface area (Å²) in [7, 11) is 1.67. The van der Waals surface area contributed by atoms with Crippen molar-refractivity contribution in [2.24, 2.45) is 5.92 Å². The Morgan fingerprint density at radius 2 is 1.78 bits per heavy atom. The van der Waals surface area contributed by atoms with Crippen molar-refractivity contribution in [2.45, 2.75) is 19.3 Å². The predicted octanol–water partition coefficient (Wildman–Crippen LogP) is 2.16. The third-order valence-electron chi connectivity index (χ3n) is 4.55. The third kappa shape index (κ3) is 4.61. The Balaban J connectivity index is 1.46. The van der Waals surface area contributed by atoms with Crippen LogP contribution in [0.25, 0.3) is 0 Å². The molecule has 0 atom stereocenters. The molecule has 0 N–H and O–H groups in total. The van der Waals surface area contributed by atoms with Crippen molar-refractivity contribution in [1.82, 2.24) is 4.90 Å². The number of anilines is 1. The molecule has 1 aromatic carbocycles. The first-order valence-electron chi connectivity index (χ1n) is 8.51. The topological polar surface area (TPSA) is 42.0 Å². The van der Waals surface area contributed by atoms with Crippen LogP contribution in [0.2, 0.25) is 0 Å². The average Bonchev–Trinajstić information content (AvgIpc) is 3.40. The van der Waals surface area contributed by atoms with E-state index in [9.17, 15) is 4.79 Å². The van der Waals surface area contributed by atoms with Crippen molar-refractivity contribution in [3.63, 3.8) is 0 Å². The lowest BCUT2D eigenvalue weighted by molar-refractivity contribution is -0.131. The number of piperazine rings is 1. The van der Waals surface area contributed by atoms with Crippen molar-refractivity contribution in [3.8, 4) is 5.75 Å². The maximum Gasteiger partial charge on any atom is 0.222 e. The highest BCUT2D eigenvalue weighted by Gasteiger charge is 2.28. The number of methoxy groups -OCH3 is 1. The Labute approximate surface area is 138 Å². The maximum absolute atomic E-state index is 12.1. The zero-order chi connectivity index (χ0) is 16.1. The zero-order valence-corrected chi connectivity index (χ0v) is 13.9. The van der Waals surface area contributed by atoms with Gasteiger partial charge in [-0.1, -0.05) is 0 Å². The fraction of sp³-hybridized carbons (Fsp3) is 0.611. The number of benzene rings is 1. The molecule has 2 fully saturated rings. The van der Waals surface area contributed by atoms with E-state index in [-0.39, 0.29) is 0 Å². The molecule has 126 valence electrons. The Morgan fingerprint density at radius 3 is 2.39 bits per heavy atom. The van der Waals surface area contributed by atoms with E-state index in [1.165, 1.54) is 18.5 Å². The Kier molecular flexibility index (Phi) is 5.39. The summed E-state index contributed by atoms with van der Waals surface area (Å²) in [6.07, 6.45) is 3.24. The van der Waals surface area contributed by atoms with E-state index < -0.39 is 0 Å². The van der Waals surface area contributed by atoms with Crippen LogP contribution in [0.1, 0.15) is 19.3 Å². The molecule has 1 aromatic rings. The molecule has 3 rings (SSSR count). The van der Waals surface area contributed by atoms with Gasteiger partial charge in [0.2, 0.25) is 5.91 Å². The number of amides is 1. The average molecular weight is 318 g/mol. The summed E-state index contributed by atoms with van der Waals surface area (Å²) in [5.41, 5.74) is 1.19. The Bertz CT molecular complexity index is 506. The van der Waals surface area contributed by atoms with Gasteiger partial charge < -0.3 is 19.3 Å². The SMILES string of the molecule is COCCOc1ccc(N2CCN(C(=O)CC3CC3)CC2)cc1. The van der Waals surface area contributed by atoms with Gasteiger partial charge in [0.25, 0.3) is 0 Å². The third-order valence-corrected chi connectivity index (χ3v) is 4.55. The van der Waals surface area contributed by atoms with Crippen LogP contribution in [-0.2, 0) is 9.53 Å². The van der Waals surface area contributed by atoms with Crippen LogP contribution in [0, 0.1) is 5.92 Å². The second-order valence-corrected chi connectivity index (χ2v) is 6.35. The summed E-state index contributed by atoms with van der Waals surface area (Å²) in [5, 5.41) is 0. The van der Waals surface area contributed by atoms with Crippen LogP contribution in [0.4, 0.5) is 5.69 Å². The maximum atomic E-state index is 12.1. The van der Waals surface area contributed by atoms with E-state index in [1.54, 1.807) is 7.11 Å². The summed E-state index contributed by atoms with van der Waals surface area (Å²) in [6, 6.07) is 8.17. The van der Waals surface area contributed by atoms with Crippen LogP contribution >= 0.6 is 0 Å². The van der Waals surface area contributed by atoms with E-state index in [0.717, 1.165) is 38.3 Å². The molecule has 0 spiro atoms. The Hall–Kier alpha value is -1.75. The second kappa shape index (κ2) is 7.68. The van der Waals surface area contributed by atoms with Gasteiger partial charge in [0.05, 0.1) is 6.61 Å². The first-order chi connectivity index (χ1) is 11.3. The molecule has 1 aliphatic heterocycles. The summed E-state index contributed by atoms with van der Waals surface area (Å²) in [4.78, 5) is 16.5. The lowest BCUT2D eigenvalue weighted by Gasteiger charge is -2.36. The minimum absolute atomic E-state index is 0.342. The van der Waals surface area contributed by atoms with Gasteiger partial charge in [-0.25, -0.2) is 0 Å². The predicted molar refractivity (Wildman–Crippen MR) is 89.9 cm³/mol. The minimum atomic E-state index is 0.342. The standard InChI is InChI=1S/C18H26N2O3/c1-22-12-13-23-17-6-4-16(5-7-17)19-8-10-20(11-9-19)18(21)14-15-2-3-15/h4-7,15H,2-3,8-14H2,1H3. The molecule has 2 aliphatic rings. The molecule has 0 aromatic heterocycles. The van der Waals surface area contributed by atoms with Crippen molar-refractivity contribution in [3.05, 3.63) is 24.3 Å². The lowest BCUT2D eigenvalue weighted by atomic mass is 10.2. The molecule has 23 heavy (non-hydrogen) atoms. The van der Waals surface area contributed by atoms with Gasteiger partial charge in [-0.05, 0) is 43.0 Å². The smallest absolute Gasteiger partial charge is 0.222 e. The van der Waals surface area contributed by atoms with Crippen molar-refractivity contribution >= 4 is 11.6 Å². The molecule has 0 radical (unpaired) electrons. The van der Waals surface area contributed by atoms with Crippen molar-refractivity contribution in [1.29, 1.82) is 0 Å². The molecule has 0 unspecified atom stereocenters. The van der Waals surface area contributed by atoms with Crippen LogP contribution in [0.15, 0.2) is 24.3 Å². The van der Waals surface area contributed by atoms with E-state index in [0.29, 0.717) is 25.0 Å². The summed E-state index contributed by atoms with van der Waals surface area (Å²) in [6.45, 7) is 4.63. The molecule has 5 heteroatoms. The van der Waals surface area contributed by atoms with Gasteiger partial charge in [0, 0.05) is 45.4 Å². The molecular formula is C18H26N2O3. The van der Waals surface area contributed by atoms with Gasteiger partial charge in [-0.15, -0.1) is 0 Å². The molecule has 1 saturated carbocycles. The van der Waals surface area contributed by atoms with E-state index >= 15 is 0 Å². The number of carbonyl (C=O) groups excluding carboxylic acids is 1. The number of hydrogen-bond acceptors (Lipinski definition) is 4. The molecule has 5 nitrogen and oxygen atoms in total. The Morgan fingerprint density at radius 1 is 1.09 bits per heavy atom. The van der Waals surface area contributed by atoms with Crippen LogP contribution < -0.4 is 9.64 Å². The monoisotopic (exact) mass is 318 g/mol. The van der Waals surface area contributed by atoms with Crippen molar-refractivity contribution in [2.75, 3.05) is 51.4 Å². The zero-order valence-electron chi connectivity index (χ0n) is 13.9. The first kappa shape index (κ1) is 16.1. The number of ether oxygens (including phenoxy) is 2. The highest BCUT2D eigenvalue weighted by molar-refractivity contribution is 5.77. The largest absolute Gasteiger partial charge is 0.491 e. The summed E-state index contributed by atoms with van der Waals surface area (Å²) < 4.78 is 10.6. The quantitative estimate of drug-likeness (QED) is 0.723. The highest BCUT2D eigenvalue weighted by atomic mass is 16.5. The summed E-state index contributed by atoms with van der Waals surface area (Å²) in [5.74, 6) is 1.88. The fourth-order valence-corrected chi connectivity index (χ4v) is 2.91. The molecular weight excluding hydrogens is 292 g/mol.